The van der Waals surface area contributed by atoms with Gasteiger partial charge in [-0.3, -0.25) is 5.10 Å². The maximum Gasteiger partial charge on any atom is 0.0695 e. The third kappa shape index (κ3) is 4.16. The minimum absolute atomic E-state index is 0.214. The monoisotopic (exact) mass is 287 g/mol. The molecular formula is C17H25N3O. The van der Waals surface area contributed by atoms with Crippen molar-refractivity contribution in [3.8, 4) is 11.3 Å². The lowest BCUT2D eigenvalue weighted by atomic mass is 10.0. The molecule has 0 fully saturated rings. The molecule has 1 aromatic carbocycles. The van der Waals surface area contributed by atoms with Gasteiger partial charge in [0.25, 0.3) is 0 Å². The van der Waals surface area contributed by atoms with Crippen LogP contribution >= 0.6 is 0 Å². The number of hydrogen-bond donors (Lipinski definition) is 3. The summed E-state index contributed by atoms with van der Waals surface area (Å²) in [6, 6.07) is 8.75. The summed E-state index contributed by atoms with van der Waals surface area (Å²) < 4.78 is 0. The smallest absolute Gasteiger partial charge is 0.0695 e. The first-order valence-corrected chi connectivity index (χ1v) is 7.55. The van der Waals surface area contributed by atoms with Gasteiger partial charge in [0.2, 0.25) is 0 Å². The third-order valence-electron chi connectivity index (χ3n) is 3.86. The summed E-state index contributed by atoms with van der Waals surface area (Å²) in [4.78, 5) is 0. The quantitative estimate of drug-likeness (QED) is 0.734. The van der Waals surface area contributed by atoms with Gasteiger partial charge in [-0.2, -0.15) is 5.10 Å². The first-order valence-electron chi connectivity index (χ1n) is 7.55. The molecule has 1 aromatic heterocycles. The largest absolute Gasteiger partial charge is 0.396 e. The lowest BCUT2D eigenvalue weighted by Crippen LogP contribution is -2.34. The predicted octanol–water partition coefficient (Wildman–Crippen LogP) is 2.88. The van der Waals surface area contributed by atoms with E-state index in [1.54, 1.807) is 0 Å². The Morgan fingerprint density at radius 1 is 1.24 bits per heavy atom. The molecule has 0 radical (unpaired) electrons. The molecular weight excluding hydrogens is 262 g/mol. The highest BCUT2D eigenvalue weighted by atomic mass is 16.3. The molecule has 4 nitrogen and oxygen atoms in total. The Morgan fingerprint density at radius 3 is 2.57 bits per heavy atom. The van der Waals surface area contributed by atoms with Gasteiger partial charge in [-0.15, -0.1) is 0 Å². The highest BCUT2D eigenvalue weighted by molar-refractivity contribution is 5.62. The van der Waals surface area contributed by atoms with Gasteiger partial charge < -0.3 is 10.4 Å². The molecule has 0 aliphatic heterocycles. The van der Waals surface area contributed by atoms with Crippen molar-refractivity contribution in [1.82, 2.24) is 15.5 Å². The van der Waals surface area contributed by atoms with Crippen molar-refractivity contribution in [2.45, 2.75) is 39.8 Å². The van der Waals surface area contributed by atoms with Gasteiger partial charge in [-0.05, 0) is 24.8 Å². The van der Waals surface area contributed by atoms with Gasteiger partial charge in [0, 0.05) is 24.8 Å². The Bertz CT molecular complexity index is 545. The van der Waals surface area contributed by atoms with Crippen molar-refractivity contribution in [3.05, 3.63) is 41.6 Å². The van der Waals surface area contributed by atoms with Crippen LogP contribution in [0.5, 0.6) is 0 Å². The number of aromatic amines is 1. The highest BCUT2D eigenvalue weighted by Crippen LogP contribution is 2.21. The van der Waals surface area contributed by atoms with Gasteiger partial charge in [0.15, 0.2) is 0 Å². The first-order chi connectivity index (χ1) is 10.1. The number of benzene rings is 1. The Balaban J connectivity index is 2.08. The maximum atomic E-state index is 9.14. The topological polar surface area (TPSA) is 60.9 Å². The van der Waals surface area contributed by atoms with Crippen LogP contribution in [-0.4, -0.2) is 28.0 Å². The summed E-state index contributed by atoms with van der Waals surface area (Å²) in [6.45, 7) is 7.39. The van der Waals surface area contributed by atoms with Gasteiger partial charge in [0.1, 0.15) is 0 Å². The van der Waals surface area contributed by atoms with Crippen LogP contribution in [0.15, 0.2) is 30.5 Å². The molecule has 4 heteroatoms. The number of H-pyrrole nitrogens is 1. The predicted molar refractivity (Wildman–Crippen MR) is 85.9 cm³/mol. The fraction of sp³-hybridized carbons (Fsp3) is 0.471. The maximum absolute atomic E-state index is 9.14. The summed E-state index contributed by atoms with van der Waals surface area (Å²) in [5.74, 6) is 0.492. The zero-order chi connectivity index (χ0) is 15.2. The van der Waals surface area contributed by atoms with Gasteiger partial charge in [-0.1, -0.05) is 43.7 Å². The van der Waals surface area contributed by atoms with Crippen molar-refractivity contribution in [1.29, 1.82) is 0 Å². The van der Waals surface area contributed by atoms with Crippen LogP contribution in [0, 0.1) is 12.8 Å². The SMILES string of the molecule is Cc1ccc(-c2[nH]ncc2CNC(CCO)C(C)C)cc1. The molecule has 0 saturated carbocycles. The highest BCUT2D eigenvalue weighted by Gasteiger charge is 2.14. The molecule has 0 spiro atoms. The van der Waals surface area contributed by atoms with E-state index in [9.17, 15) is 0 Å². The van der Waals surface area contributed by atoms with E-state index in [1.165, 1.54) is 5.56 Å². The Labute approximate surface area is 126 Å². The van der Waals surface area contributed by atoms with E-state index in [-0.39, 0.29) is 6.61 Å². The van der Waals surface area contributed by atoms with Crippen LogP contribution in [0.25, 0.3) is 11.3 Å². The van der Waals surface area contributed by atoms with E-state index in [2.05, 4.69) is 60.6 Å². The van der Waals surface area contributed by atoms with E-state index in [0.29, 0.717) is 12.0 Å². The van der Waals surface area contributed by atoms with Gasteiger partial charge in [-0.25, -0.2) is 0 Å². The van der Waals surface area contributed by atoms with Crippen LogP contribution in [0.3, 0.4) is 0 Å². The molecule has 1 unspecified atom stereocenters. The average molecular weight is 287 g/mol. The van der Waals surface area contributed by atoms with Crippen LogP contribution in [0.1, 0.15) is 31.4 Å². The number of aliphatic hydroxyl groups excluding tert-OH is 1. The Kier molecular flexibility index (Phi) is 5.53. The van der Waals surface area contributed by atoms with E-state index in [0.717, 1.165) is 29.8 Å². The zero-order valence-electron chi connectivity index (χ0n) is 13.1. The third-order valence-corrected chi connectivity index (χ3v) is 3.86. The zero-order valence-corrected chi connectivity index (χ0v) is 13.1. The van der Waals surface area contributed by atoms with Crippen LogP contribution in [0.4, 0.5) is 0 Å². The number of aryl methyl sites for hydroxylation is 1. The number of aliphatic hydroxyl groups is 1. The molecule has 1 atom stereocenters. The second-order valence-corrected chi connectivity index (χ2v) is 5.88. The molecule has 3 N–H and O–H groups in total. The summed E-state index contributed by atoms with van der Waals surface area (Å²) in [6.07, 6.45) is 2.65. The Hall–Kier alpha value is -1.65. The molecule has 1 heterocycles. The number of nitrogens with zero attached hydrogens (tertiary/aromatic N) is 1. The normalized spacial score (nSPS) is 12.8. The van der Waals surface area contributed by atoms with Crippen LogP contribution < -0.4 is 5.32 Å². The van der Waals surface area contributed by atoms with Crippen LogP contribution in [0.2, 0.25) is 0 Å². The fourth-order valence-electron chi connectivity index (χ4n) is 2.47. The summed E-state index contributed by atoms with van der Waals surface area (Å²) >= 11 is 0. The first kappa shape index (κ1) is 15.7. The summed E-state index contributed by atoms with van der Waals surface area (Å²) in [5.41, 5.74) is 4.62. The minimum Gasteiger partial charge on any atom is -0.396 e. The molecule has 0 bridgehead atoms. The number of aromatic nitrogens is 2. The standard InChI is InChI=1S/C17H25N3O/c1-12(2)16(8-9-21)18-10-15-11-19-20-17(15)14-6-4-13(3)5-7-14/h4-7,11-12,16,18,21H,8-10H2,1-3H3,(H,19,20). The lowest BCUT2D eigenvalue weighted by Gasteiger charge is -2.21. The molecule has 0 saturated heterocycles. The van der Waals surface area contributed by atoms with Crippen molar-refractivity contribution in [2.24, 2.45) is 5.92 Å². The van der Waals surface area contributed by atoms with Crippen molar-refractivity contribution in [3.63, 3.8) is 0 Å². The molecule has 0 aliphatic carbocycles. The van der Waals surface area contributed by atoms with Gasteiger partial charge in [0.05, 0.1) is 11.9 Å². The fourth-order valence-corrected chi connectivity index (χ4v) is 2.47. The van der Waals surface area contributed by atoms with E-state index >= 15 is 0 Å². The van der Waals surface area contributed by atoms with E-state index in [4.69, 9.17) is 5.11 Å². The van der Waals surface area contributed by atoms with Crippen molar-refractivity contribution < 1.29 is 5.11 Å². The van der Waals surface area contributed by atoms with Crippen molar-refractivity contribution in [2.75, 3.05) is 6.61 Å². The minimum atomic E-state index is 0.214. The molecule has 2 aromatic rings. The van der Waals surface area contributed by atoms with Crippen molar-refractivity contribution >= 4 is 0 Å². The molecule has 0 amide bonds. The van der Waals surface area contributed by atoms with E-state index in [1.807, 2.05) is 6.20 Å². The molecule has 114 valence electrons. The summed E-state index contributed by atoms with van der Waals surface area (Å²) in [7, 11) is 0. The number of nitrogens with one attached hydrogen (secondary N) is 2. The Morgan fingerprint density at radius 2 is 1.95 bits per heavy atom. The lowest BCUT2D eigenvalue weighted by molar-refractivity contribution is 0.244. The molecule has 0 aliphatic rings. The number of hydrogen-bond acceptors (Lipinski definition) is 3. The molecule has 21 heavy (non-hydrogen) atoms. The second kappa shape index (κ2) is 7.38. The summed E-state index contributed by atoms with van der Waals surface area (Å²) in [5, 5.41) is 19.9. The van der Waals surface area contributed by atoms with E-state index < -0.39 is 0 Å². The second-order valence-electron chi connectivity index (χ2n) is 5.88. The number of rotatable bonds is 7. The average Bonchev–Trinajstić information content (AvgIpc) is 2.92. The van der Waals surface area contributed by atoms with Gasteiger partial charge >= 0.3 is 0 Å². The molecule has 2 rings (SSSR count). The van der Waals surface area contributed by atoms with Crippen LogP contribution in [-0.2, 0) is 6.54 Å².